The van der Waals surface area contributed by atoms with Crippen molar-refractivity contribution < 1.29 is 24.2 Å². The lowest BCUT2D eigenvalue weighted by Crippen LogP contribution is -2.34. The molecule has 2 unspecified atom stereocenters. The highest BCUT2D eigenvalue weighted by Gasteiger charge is 2.25. The van der Waals surface area contributed by atoms with Gasteiger partial charge in [0, 0.05) is 12.8 Å². The third-order valence-electron chi connectivity index (χ3n) is 4.75. The van der Waals surface area contributed by atoms with Crippen molar-refractivity contribution in [3.8, 4) is 11.5 Å². The summed E-state index contributed by atoms with van der Waals surface area (Å²) in [5, 5.41) is 12.2. The van der Waals surface area contributed by atoms with Crippen LogP contribution in [0.3, 0.4) is 0 Å². The Labute approximate surface area is 158 Å². The largest absolute Gasteiger partial charge is 0.497 e. The summed E-state index contributed by atoms with van der Waals surface area (Å²) in [6, 6.07) is 11.7. The van der Waals surface area contributed by atoms with Crippen LogP contribution in [0.15, 0.2) is 42.5 Å². The van der Waals surface area contributed by atoms with Crippen LogP contribution in [0.5, 0.6) is 11.5 Å². The van der Waals surface area contributed by atoms with Crippen LogP contribution < -0.4 is 14.8 Å². The van der Waals surface area contributed by atoms with Gasteiger partial charge in [0.05, 0.1) is 13.7 Å². The number of hydrogen-bond acceptors (Lipinski definition) is 4. The molecule has 142 valence electrons. The van der Waals surface area contributed by atoms with Gasteiger partial charge in [-0.2, -0.15) is 0 Å². The standard InChI is InChI=1S/C21H23NO5/c1-13(14-4-3-5-17(12-14)26-2)10-19(23)22-20(21(24)25)16-6-7-18-15(11-16)8-9-27-18/h3-7,11-13,20H,8-10H2,1-2H3,(H,22,23)(H,24,25). The number of aliphatic carboxylic acids is 1. The smallest absolute Gasteiger partial charge is 0.330 e. The van der Waals surface area contributed by atoms with Crippen LogP contribution in [0.4, 0.5) is 0 Å². The zero-order chi connectivity index (χ0) is 19.4. The molecule has 0 radical (unpaired) electrons. The number of hydrogen-bond donors (Lipinski definition) is 2. The van der Waals surface area contributed by atoms with Crippen LogP contribution in [0.2, 0.25) is 0 Å². The minimum absolute atomic E-state index is 0.0667. The Hall–Kier alpha value is -3.02. The summed E-state index contributed by atoms with van der Waals surface area (Å²) in [6.07, 6.45) is 0.932. The van der Waals surface area contributed by atoms with Crippen molar-refractivity contribution in [1.82, 2.24) is 5.32 Å². The van der Waals surface area contributed by atoms with Crippen molar-refractivity contribution >= 4 is 11.9 Å². The van der Waals surface area contributed by atoms with E-state index in [9.17, 15) is 14.7 Å². The quantitative estimate of drug-likeness (QED) is 0.783. The van der Waals surface area contributed by atoms with E-state index in [1.165, 1.54) is 0 Å². The second kappa shape index (κ2) is 8.12. The second-order valence-corrected chi connectivity index (χ2v) is 6.69. The van der Waals surface area contributed by atoms with Crippen LogP contribution in [0.25, 0.3) is 0 Å². The number of carboxylic acids is 1. The number of methoxy groups -OCH3 is 1. The molecule has 0 spiro atoms. The summed E-state index contributed by atoms with van der Waals surface area (Å²) in [7, 11) is 1.59. The maximum atomic E-state index is 12.5. The first kappa shape index (κ1) is 18.8. The lowest BCUT2D eigenvalue weighted by Gasteiger charge is -2.18. The van der Waals surface area contributed by atoms with Gasteiger partial charge in [0.25, 0.3) is 0 Å². The first-order chi connectivity index (χ1) is 13.0. The Kier molecular flexibility index (Phi) is 5.64. The average Bonchev–Trinajstić information content (AvgIpc) is 3.13. The van der Waals surface area contributed by atoms with Crippen molar-refractivity contribution in [3.63, 3.8) is 0 Å². The number of benzene rings is 2. The normalized spacial score (nSPS) is 14.6. The minimum atomic E-state index is -1.09. The fraction of sp³-hybridized carbons (Fsp3) is 0.333. The zero-order valence-corrected chi connectivity index (χ0v) is 15.4. The molecule has 6 heteroatoms. The van der Waals surface area contributed by atoms with Gasteiger partial charge in [0.1, 0.15) is 11.5 Å². The lowest BCUT2D eigenvalue weighted by molar-refractivity contribution is -0.142. The van der Waals surface area contributed by atoms with Crippen LogP contribution in [0.1, 0.15) is 42.0 Å². The molecular formula is C21H23NO5. The molecule has 0 saturated carbocycles. The van der Waals surface area contributed by atoms with Crippen molar-refractivity contribution in [2.45, 2.75) is 31.7 Å². The molecule has 0 bridgehead atoms. The highest BCUT2D eigenvalue weighted by Crippen LogP contribution is 2.29. The van der Waals surface area contributed by atoms with Gasteiger partial charge in [-0.05, 0) is 46.9 Å². The molecule has 6 nitrogen and oxygen atoms in total. The third kappa shape index (κ3) is 4.39. The van der Waals surface area contributed by atoms with E-state index in [0.717, 1.165) is 29.0 Å². The first-order valence-corrected chi connectivity index (χ1v) is 8.89. The number of amides is 1. The van der Waals surface area contributed by atoms with Crippen LogP contribution in [-0.4, -0.2) is 30.7 Å². The average molecular weight is 369 g/mol. The maximum Gasteiger partial charge on any atom is 0.330 e. The van der Waals surface area contributed by atoms with E-state index in [-0.39, 0.29) is 18.2 Å². The van der Waals surface area contributed by atoms with Gasteiger partial charge in [-0.15, -0.1) is 0 Å². The molecule has 1 aliphatic heterocycles. The van der Waals surface area contributed by atoms with Gasteiger partial charge in [0.15, 0.2) is 6.04 Å². The highest BCUT2D eigenvalue weighted by atomic mass is 16.5. The number of rotatable bonds is 7. The summed E-state index contributed by atoms with van der Waals surface area (Å²) in [4.78, 5) is 24.2. The molecule has 2 atom stereocenters. The monoisotopic (exact) mass is 369 g/mol. The van der Waals surface area contributed by atoms with Crippen LogP contribution >= 0.6 is 0 Å². The second-order valence-electron chi connectivity index (χ2n) is 6.69. The molecule has 0 aromatic heterocycles. The molecule has 0 aliphatic carbocycles. The SMILES string of the molecule is COc1cccc(C(C)CC(=O)NC(C(=O)O)c2ccc3c(c2)CCO3)c1. The molecular weight excluding hydrogens is 346 g/mol. The van der Waals surface area contributed by atoms with Crippen LogP contribution in [-0.2, 0) is 16.0 Å². The van der Waals surface area contributed by atoms with E-state index in [2.05, 4.69) is 5.32 Å². The molecule has 2 aromatic carbocycles. The van der Waals surface area contributed by atoms with Crippen LogP contribution in [0, 0.1) is 0 Å². The molecule has 0 fully saturated rings. The van der Waals surface area contributed by atoms with E-state index in [0.29, 0.717) is 12.2 Å². The molecule has 2 N–H and O–H groups in total. The van der Waals surface area contributed by atoms with Crippen molar-refractivity contribution in [2.75, 3.05) is 13.7 Å². The third-order valence-corrected chi connectivity index (χ3v) is 4.75. The summed E-state index contributed by atoms with van der Waals surface area (Å²) < 4.78 is 10.7. The lowest BCUT2D eigenvalue weighted by atomic mass is 9.96. The Morgan fingerprint density at radius 2 is 2.04 bits per heavy atom. The number of fused-ring (bicyclic) bond motifs is 1. The first-order valence-electron chi connectivity index (χ1n) is 8.89. The zero-order valence-electron chi connectivity index (χ0n) is 15.4. The Balaban J connectivity index is 1.69. The van der Waals surface area contributed by atoms with Gasteiger partial charge < -0.3 is 19.9 Å². The van der Waals surface area contributed by atoms with Crippen molar-refractivity contribution in [2.24, 2.45) is 0 Å². The van der Waals surface area contributed by atoms with E-state index in [1.54, 1.807) is 25.3 Å². The van der Waals surface area contributed by atoms with E-state index < -0.39 is 12.0 Å². The van der Waals surface area contributed by atoms with Gasteiger partial charge in [0.2, 0.25) is 5.91 Å². The van der Waals surface area contributed by atoms with E-state index in [1.807, 2.05) is 31.2 Å². The molecule has 27 heavy (non-hydrogen) atoms. The summed E-state index contributed by atoms with van der Waals surface area (Å²) in [6.45, 7) is 2.53. The summed E-state index contributed by atoms with van der Waals surface area (Å²) in [5.74, 6) is 0.0399. The molecule has 1 heterocycles. The van der Waals surface area contributed by atoms with Gasteiger partial charge in [-0.25, -0.2) is 4.79 Å². The summed E-state index contributed by atoms with van der Waals surface area (Å²) >= 11 is 0. The van der Waals surface area contributed by atoms with E-state index >= 15 is 0 Å². The number of nitrogens with one attached hydrogen (secondary N) is 1. The molecule has 0 saturated heterocycles. The Morgan fingerprint density at radius 1 is 1.22 bits per heavy atom. The minimum Gasteiger partial charge on any atom is -0.497 e. The van der Waals surface area contributed by atoms with Gasteiger partial charge in [-0.1, -0.05) is 25.1 Å². The molecule has 2 aromatic rings. The topological polar surface area (TPSA) is 84.9 Å². The summed E-state index contributed by atoms with van der Waals surface area (Å²) in [5.41, 5.74) is 2.48. The van der Waals surface area contributed by atoms with E-state index in [4.69, 9.17) is 9.47 Å². The number of ether oxygens (including phenoxy) is 2. The molecule has 3 rings (SSSR count). The number of carbonyl (C=O) groups is 2. The van der Waals surface area contributed by atoms with Gasteiger partial charge in [-0.3, -0.25) is 4.79 Å². The highest BCUT2D eigenvalue weighted by molar-refractivity contribution is 5.85. The fourth-order valence-corrected chi connectivity index (χ4v) is 3.24. The molecule has 1 amide bonds. The predicted octanol–water partition coefficient (Wildman–Crippen LogP) is 3.07. The maximum absolute atomic E-state index is 12.5. The Bertz CT molecular complexity index is 848. The van der Waals surface area contributed by atoms with Gasteiger partial charge >= 0.3 is 5.97 Å². The fourth-order valence-electron chi connectivity index (χ4n) is 3.24. The predicted molar refractivity (Wildman–Crippen MR) is 100 cm³/mol. The number of carboxylic acid groups (broad SMARTS) is 1. The molecule has 1 aliphatic rings. The Morgan fingerprint density at radius 3 is 2.78 bits per heavy atom. The van der Waals surface area contributed by atoms with Crippen molar-refractivity contribution in [1.29, 1.82) is 0 Å². The van der Waals surface area contributed by atoms with Crippen molar-refractivity contribution in [3.05, 3.63) is 59.2 Å². The number of carbonyl (C=O) groups excluding carboxylic acids is 1.